The Morgan fingerprint density at radius 1 is 0.950 bits per heavy atom. The lowest BCUT2D eigenvalue weighted by Gasteiger charge is -2.14. The van der Waals surface area contributed by atoms with Crippen LogP contribution in [0.15, 0.2) is 96.7 Å². The number of pyridine rings is 2. The molecule has 0 aliphatic heterocycles. The van der Waals surface area contributed by atoms with Crippen molar-refractivity contribution in [3.8, 4) is 17.2 Å². The van der Waals surface area contributed by atoms with Crippen molar-refractivity contribution in [1.82, 2.24) is 29.7 Å². The molecule has 196 valence electrons. The fourth-order valence-corrected chi connectivity index (χ4v) is 4.18. The van der Waals surface area contributed by atoms with Gasteiger partial charge in [0.1, 0.15) is 17.1 Å². The topological polar surface area (TPSA) is 140 Å². The zero-order valence-electron chi connectivity index (χ0n) is 21.3. The molecule has 4 aromatic heterocycles. The van der Waals surface area contributed by atoms with E-state index in [1.807, 2.05) is 43.3 Å². The van der Waals surface area contributed by atoms with Crippen molar-refractivity contribution in [1.29, 1.82) is 0 Å². The molecule has 0 aliphatic rings. The molecule has 0 saturated heterocycles. The highest BCUT2D eigenvalue weighted by Gasteiger charge is 2.16. The highest BCUT2D eigenvalue weighted by atomic mass is 16.5. The van der Waals surface area contributed by atoms with Gasteiger partial charge < -0.3 is 15.0 Å². The van der Waals surface area contributed by atoms with E-state index >= 15 is 0 Å². The average Bonchev–Trinajstić information content (AvgIpc) is 3.39. The molecule has 0 bridgehead atoms. The van der Waals surface area contributed by atoms with E-state index in [9.17, 15) is 9.59 Å². The third-order valence-corrected chi connectivity index (χ3v) is 6.03. The molecule has 6 rings (SSSR count). The summed E-state index contributed by atoms with van der Waals surface area (Å²) in [4.78, 5) is 40.4. The lowest BCUT2D eigenvalue weighted by Crippen LogP contribution is -2.21. The fourth-order valence-electron chi connectivity index (χ4n) is 4.18. The second-order valence-corrected chi connectivity index (χ2v) is 8.89. The van der Waals surface area contributed by atoms with Crippen molar-refractivity contribution >= 4 is 45.2 Å². The van der Waals surface area contributed by atoms with Gasteiger partial charge in [-0.2, -0.15) is 5.10 Å². The number of carbonyl (C=O) groups is 1. The van der Waals surface area contributed by atoms with Gasteiger partial charge in [-0.3, -0.25) is 15.1 Å². The standard InChI is InChI=1S/C29H22N8O3/c1-17(2)21-15-24(37(36-21)18-7-4-3-5-8-18)34-29(39)33-20-10-11-22(19-9-6-13-30-26(19)20)40-23-12-14-31-28-27(23)35-25(38)16-32-28/h3-16H,1H2,2H3,(H,35,38)(H2,33,34,39). The molecule has 3 N–H and O–H groups in total. The number of fused-ring (bicyclic) bond motifs is 2. The molecule has 40 heavy (non-hydrogen) atoms. The van der Waals surface area contributed by atoms with Gasteiger partial charge in [0, 0.05) is 29.9 Å². The predicted molar refractivity (Wildman–Crippen MR) is 153 cm³/mol. The number of rotatable bonds is 6. The number of urea groups is 1. The monoisotopic (exact) mass is 530 g/mol. The molecule has 0 fully saturated rings. The molecule has 0 saturated carbocycles. The highest BCUT2D eigenvalue weighted by molar-refractivity contribution is 6.06. The van der Waals surface area contributed by atoms with Crippen LogP contribution in [0.4, 0.5) is 16.3 Å². The number of hydrogen-bond acceptors (Lipinski definition) is 7. The van der Waals surface area contributed by atoms with E-state index in [2.05, 4.69) is 42.2 Å². The average molecular weight is 531 g/mol. The van der Waals surface area contributed by atoms with Crippen molar-refractivity contribution in [3.05, 3.63) is 108 Å². The van der Waals surface area contributed by atoms with Crippen LogP contribution >= 0.6 is 0 Å². The van der Waals surface area contributed by atoms with E-state index in [0.29, 0.717) is 50.8 Å². The summed E-state index contributed by atoms with van der Waals surface area (Å²) >= 11 is 0. The lowest BCUT2D eigenvalue weighted by molar-refractivity contribution is 0.262. The van der Waals surface area contributed by atoms with Gasteiger partial charge in [-0.05, 0) is 48.9 Å². The van der Waals surface area contributed by atoms with Gasteiger partial charge in [0.25, 0.3) is 5.56 Å². The number of para-hydroxylation sites is 1. The third-order valence-electron chi connectivity index (χ3n) is 6.03. The largest absolute Gasteiger partial charge is 0.454 e. The number of nitrogens with one attached hydrogen (secondary N) is 3. The van der Waals surface area contributed by atoms with Crippen LogP contribution in [0.3, 0.4) is 0 Å². The second-order valence-electron chi connectivity index (χ2n) is 8.89. The number of nitrogens with zero attached hydrogens (tertiary/aromatic N) is 5. The van der Waals surface area contributed by atoms with E-state index in [1.54, 1.807) is 47.4 Å². The number of H-pyrrole nitrogens is 1. The van der Waals surface area contributed by atoms with Crippen LogP contribution in [0.2, 0.25) is 0 Å². The maximum atomic E-state index is 13.2. The van der Waals surface area contributed by atoms with Gasteiger partial charge in [-0.15, -0.1) is 0 Å². The number of anilines is 2. The molecule has 4 heterocycles. The van der Waals surface area contributed by atoms with E-state index in [0.717, 1.165) is 17.5 Å². The molecule has 2 aromatic carbocycles. The predicted octanol–water partition coefficient (Wildman–Crippen LogP) is 5.52. The Morgan fingerprint density at radius 3 is 2.62 bits per heavy atom. The van der Waals surface area contributed by atoms with Gasteiger partial charge in [0.05, 0.1) is 28.8 Å². The minimum atomic E-state index is -0.477. The van der Waals surface area contributed by atoms with Crippen LogP contribution in [0.25, 0.3) is 33.3 Å². The Morgan fingerprint density at radius 2 is 1.80 bits per heavy atom. The number of allylic oxidation sites excluding steroid dienone is 1. The Balaban J connectivity index is 1.30. The Bertz CT molecular complexity index is 1960. The third kappa shape index (κ3) is 4.74. The van der Waals surface area contributed by atoms with Crippen LogP contribution in [-0.4, -0.2) is 35.7 Å². The second kappa shape index (κ2) is 10.1. The van der Waals surface area contributed by atoms with Crippen LogP contribution in [-0.2, 0) is 0 Å². The highest BCUT2D eigenvalue weighted by Crippen LogP contribution is 2.34. The summed E-state index contributed by atoms with van der Waals surface area (Å²) in [7, 11) is 0. The summed E-state index contributed by atoms with van der Waals surface area (Å²) in [6.45, 7) is 5.82. The minimum absolute atomic E-state index is 0.346. The number of aromatic amines is 1. The first-order valence-electron chi connectivity index (χ1n) is 12.3. The molecular weight excluding hydrogens is 508 g/mol. The number of ether oxygens (including phenoxy) is 1. The quantitative estimate of drug-likeness (QED) is 0.258. The number of amides is 2. The molecule has 0 unspecified atom stereocenters. The molecule has 11 heteroatoms. The van der Waals surface area contributed by atoms with Gasteiger partial charge in [0.2, 0.25) is 0 Å². The SMILES string of the molecule is C=C(C)c1cc(NC(=O)Nc2ccc(Oc3ccnc4ncc(=O)[nH]c34)c3cccnc23)n(-c2ccccc2)n1. The number of benzene rings is 2. The summed E-state index contributed by atoms with van der Waals surface area (Å²) in [6, 6.07) is 19.4. The first-order chi connectivity index (χ1) is 19.5. The smallest absolute Gasteiger partial charge is 0.324 e. The van der Waals surface area contributed by atoms with E-state index in [4.69, 9.17) is 4.74 Å². The molecule has 0 aliphatic carbocycles. The van der Waals surface area contributed by atoms with Gasteiger partial charge in [-0.25, -0.2) is 19.4 Å². The molecule has 0 atom stereocenters. The maximum absolute atomic E-state index is 13.2. The van der Waals surface area contributed by atoms with Crippen LogP contribution < -0.4 is 20.9 Å². The van der Waals surface area contributed by atoms with Gasteiger partial charge >= 0.3 is 6.03 Å². The molecule has 6 aromatic rings. The Kier molecular flexibility index (Phi) is 6.21. The van der Waals surface area contributed by atoms with Crippen molar-refractivity contribution in [2.75, 3.05) is 10.6 Å². The summed E-state index contributed by atoms with van der Waals surface area (Å²) in [5, 5.41) is 11.0. The van der Waals surface area contributed by atoms with Crippen molar-refractivity contribution < 1.29 is 9.53 Å². The minimum Gasteiger partial charge on any atom is -0.454 e. The first-order valence-corrected chi connectivity index (χ1v) is 12.3. The van der Waals surface area contributed by atoms with Crippen molar-refractivity contribution in [2.24, 2.45) is 0 Å². The molecule has 2 amide bonds. The summed E-state index contributed by atoms with van der Waals surface area (Å²) in [5.74, 6) is 1.33. The molecule has 0 spiro atoms. The normalized spacial score (nSPS) is 10.9. The summed E-state index contributed by atoms with van der Waals surface area (Å²) in [6.07, 6.45) is 4.33. The first kappa shape index (κ1) is 24.5. The fraction of sp³-hybridized carbons (Fsp3) is 0.0345. The van der Waals surface area contributed by atoms with E-state index in [1.165, 1.54) is 0 Å². The van der Waals surface area contributed by atoms with E-state index in [-0.39, 0.29) is 5.56 Å². The molecular formula is C29H22N8O3. The lowest BCUT2D eigenvalue weighted by atomic mass is 10.1. The Hall–Kier alpha value is -5.84. The van der Waals surface area contributed by atoms with Crippen LogP contribution in [0, 0.1) is 0 Å². The van der Waals surface area contributed by atoms with Gasteiger partial charge in [0.15, 0.2) is 11.4 Å². The molecule has 11 nitrogen and oxygen atoms in total. The number of aromatic nitrogens is 6. The Labute approximate surface area is 227 Å². The van der Waals surface area contributed by atoms with Crippen LogP contribution in [0.1, 0.15) is 12.6 Å². The zero-order chi connectivity index (χ0) is 27.6. The number of carbonyl (C=O) groups excluding carboxylic acids is 1. The van der Waals surface area contributed by atoms with Crippen molar-refractivity contribution in [3.63, 3.8) is 0 Å². The van der Waals surface area contributed by atoms with Gasteiger partial charge in [-0.1, -0.05) is 24.8 Å². The maximum Gasteiger partial charge on any atom is 0.324 e. The van der Waals surface area contributed by atoms with Crippen LogP contribution in [0.5, 0.6) is 11.5 Å². The summed E-state index contributed by atoms with van der Waals surface area (Å²) in [5.41, 5.74) is 3.56. The zero-order valence-corrected chi connectivity index (χ0v) is 21.3. The van der Waals surface area contributed by atoms with Crippen molar-refractivity contribution in [2.45, 2.75) is 6.92 Å². The summed E-state index contributed by atoms with van der Waals surface area (Å²) < 4.78 is 7.82. The molecule has 0 radical (unpaired) electrons. The van der Waals surface area contributed by atoms with E-state index < -0.39 is 6.03 Å². The number of hydrogen-bond donors (Lipinski definition) is 3.